The molecule has 0 saturated carbocycles. The van der Waals surface area contributed by atoms with Crippen LogP contribution in [0.15, 0.2) is 217 Å². The van der Waals surface area contributed by atoms with Crippen LogP contribution in [0, 0.1) is 10.8 Å². The fraction of sp³-hybridized carbons (Fsp3) is 0. The quantitative estimate of drug-likeness (QED) is 0.154. The lowest BCUT2D eigenvalue weighted by Crippen LogP contribution is -2.08. The number of fused-ring (bicyclic) bond motifs is 13. The molecule has 0 fully saturated rings. The summed E-state index contributed by atoms with van der Waals surface area (Å²) in [5.74, 6) is 0. The zero-order valence-electron chi connectivity index (χ0n) is 36.6. The first-order chi connectivity index (χ1) is 33.7. The van der Waals surface area contributed by atoms with Crippen LogP contribution in [0.5, 0.6) is 0 Å². The van der Waals surface area contributed by atoms with E-state index >= 15 is 0 Å². The molecule has 0 atom stereocenters. The normalized spacial score (nSPS) is 11.9. The molecule has 0 aliphatic carbocycles. The number of hydrogen-bond donors (Lipinski definition) is 2. The van der Waals surface area contributed by atoms with Gasteiger partial charge in [0.1, 0.15) is 11.2 Å². The van der Waals surface area contributed by atoms with Crippen LogP contribution >= 0.6 is 0 Å². The lowest BCUT2D eigenvalue weighted by molar-refractivity contribution is 0.673. The number of nitrogens with zero attached hydrogens (tertiary/aromatic N) is 3. The molecule has 0 aliphatic heterocycles. The molecule has 0 bridgehead atoms. The van der Waals surface area contributed by atoms with E-state index in [2.05, 4.69) is 202 Å². The fourth-order valence-electron chi connectivity index (χ4n) is 11.1. The Balaban J connectivity index is 1.04. The predicted octanol–water partition coefficient (Wildman–Crippen LogP) is 16.2. The van der Waals surface area contributed by atoms with Crippen molar-refractivity contribution in [2.45, 2.75) is 0 Å². The first-order valence-electron chi connectivity index (χ1n) is 22.9. The Morgan fingerprint density at radius 2 is 0.794 bits per heavy atom. The molecule has 4 heterocycles. The van der Waals surface area contributed by atoms with Crippen molar-refractivity contribution in [1.82, 2.24) is 13.7 Å². The van der Waals surface area contributed by atoms with Crippen LogP contribution < -0.4 is 0 Å². The van der Waals surface area contributed by atoms with Crippen molar-refractivity contribution in [3.8, 4) is 39.3 Å². The molecular formula is C62H39N5O. The molecule has 0 radical (unpaired) electrons. The summed E-state index contributed by atoms with van der Waals surface area (Å²) in [7, 11) is 0. The van der Waals surface area contributed by atoms with Gasteiger partial charge in [0.05, 0.1) is 49.9 Å². The van der Waals surface area contributed by atoms with E-state index in [9.17, 15) is 0 Å². The Morgan fingerprint density at radius 3 is 1.38 bits per heavy atom. The van der Waals surface area contributed by atoms with Gasteiger partial charge in [-0.1, -0.05) is 127 Å². The molecule has 2 N–H and O–H groups in total. The molecule has 14 rings (SSSR count). The number of hydrogen-bond acceptors (Lipinski definition) is 3. The van der Waals surface area contributed by atoms with Crippen molar-refractivity contribution in [1.29, 1.82) is 10.8 Å². The maximum atomic E-state index is 9.16. The summed E-state index contributed by atoms with van der Waals surface area (Å²) in [5.41, 5.74) is 16.5. The number of aromatic nitrogens is 3. The molecule has 0 amide bonds. The van der Waals surface area contributed by atoms with Gasteiger partial charge in [-0.2, -0.15) is 0 Å². The van der Waals surface area contributed by atoms with Crippen LogP contribution in [0.25, 0.3) is 127 Å². The molecular weight excluding hydrogens is 831 g/mol. The second-order valence-corrected chi connectivity index (χ2v) is 17.6. The highest BCUT2D eigenvalue weighted by Gasteiger charge is 2.24. The number of furan rings is 1. The van der Waals surface area contributed by atoms with Gasteiger partial charge in [0, 0.05) is 66.9 Å². The third-order valence-corrected chi connectivity index (χ3v) is 14.1. The van der Waals surface area contributed by atoms with E-state index in [4.69, 9.17) is 15.2 Å². The van der Waals surface area contributed by atoms with Gasteiger partial charge in [0.25, 0.3) is 0 Å². The van der Waals surface area contributed by atoms with E-state index in [-0.39, 0.29) is 0 Å². The average Bonchev–Trinajstić information content (AvgIpc) is 4.14. The third-order valence-electron chi connectivity index (χ3n) is 14.1. The molecule has 0 saturated heterocycles. The van der Waals surface area contributed by atoms with E-state index < -0.39 is 0 Å². The number of rotatable bonds is 7. The second kappa shape index (κ2) is 14.6. The predicted molar refractivity (Wildman–Crippen MR) is 283 cm³/mol. The number of benzene rings is 10. The maximum absolute atomic E-state index is 9.16. The Morgan fingerprint density at radius 1 is 0.324 bits per heavy atom. The smallest absolute Gasteiger partial charge is 0.145 e. The van der Waals surface area contributed by atoms with Gasteiger partial charge in [0.15, 0.2) is 0 Å². The summed E-state index contributed by atoms with van der Waals surface area (Å²) < 4.78 is 13.7. The monoisotopic (exact) mass is 869 g/mol. The van der Waals surface area contributed by atoms with E-state index in [0.717, 1.165) is 116 Å². The zero-order valence-corrected chi connectivity index (χ0v) is 36.6. The van der Waals surface area contributed by atoms with Gasteiger partial charge in [-0.3, -0.25) is 0 Å². The zero-order chi connectivity index (χ0) is 45.0. The summed E-state index contributed by atoms with van der Waals surface area (Å²) in [6.45, 7) is 0. The van der Waals surface area contributed by atoms with Crippen molar-refractivity contribution in [2.24, 2.45) is 0 Å². The van der Waals surface area contributed by atoms with Crippen molar-refractivity contribution < 1.29 is 4.42 Å². The lowest BCUT2D eigenvalue weighted by atomic mass is 10.0. The van der Waals surface area contributed by atoms with Crippen molar-refractivity contribution in [2.75, 3.05) is 0 Å². The standard InChI is InChI=1S/C62H39N5O/c63-36-50-51(37-64)58(32-31-57(50)66-54-27-23-40(38-13-3-1-4-14-38)33-47(54)48-34-41(24-28-55(48)66)39-15-5-2-6-16-39)67-56-29-25-42(65-52-20-10-7-17-43(52)44-18-8-11-21-53(44)65)35-49(56)61-59(67)30-26-46-45-19-9-12-22-60(45)68-62(46)61/h1-37,63-64H. The van der Waals surface area contributed by atoms with Crippen LogP contribution in [-0.2, 0) is 0 Å². The molecule has 14 aromatic rings. The molecule has 318 valence electrons. The van der Waals surface area contributed by atoms with Gasteiger partial charge in [-0.25, -0.2) is 0 Å². The second-order valence-electron chi connectivity index (χ2n) is 17.6. The van der Waals surface area contributed by atoms with Gasteiger partial charge in [-0.05, 0) is 107 Å². The summed E-state index contributed by atoms with van der Waals surface area (Å²) in [6, 6.07) is 75.1. The summed E-state index contributed by atoms with van der Waals surface area (Å²) in [4.78, 5) is 0. The first-order valence-corrected chi connectivity index (χ1v) is 22.9. The molecule has 0 spiro atoms. The van der Waals surface area contributed by atoms with Crippen LogP contribution in [0.1, 0.15) is 11.1 Å². The minimum atomic E-state index is 0.643. The molecule has 6 nitrogen and oxygen atoms in total. The summed E-state index contributed by atoms with van der Waals surface area (Å²) in [5, 5.41) is 27.1. The van der Waals surface area contributed by atoms with Crippen molar-refractivity contribution in [3.05, 3.63) is 223 Å². The Labute approximate surface area is 389 Å². The fourth-order valence-corrected chi connectivity index (χ4v) is 11.1. The van der Waals surface area contributed by atoms with Gasteiger partial charge in [-0.15, -0.1) is 0 Å². The minimum Gasteiger partial charge on any atom is -0.455 e. The molecule has 6 heteroatoms. The van der Waals surface area contributed by atoms with Crippen LogP contribution in [0.4, 0.5) is 0 Å². The third kappa shape index (κ3) is 5.40. The van der Waals surface area contributed by atoms with E-state index in [1.807, 2.05) is 24.3 Å². The SMILES string of the molecule is N=Cc1c(-n2c3ccc(-c4ccccc4)cc3c3cc(-c4ccccc4)ccc32)ccc(-n2c3ccc(-n4c5ccccc5c5ccccc54)cc3c3c4oc5ccccc5c4ccc32)c1C=N. The van der Waals surface area contributed by atoms with E-state index in [1.165, 1.54) is 23.2 Å². The first kappa shape index (κ1) is 38.1. The van der Waals surface area contributed by atoms with Crippen LogP contribution in [0.3, 0.4) is 0 Å². The van der Waals surface area contributed by atoms with Gasteiger partial charge in [0.2, 0.25) is 0 Å². The van der Waals surface area contributed by atoms with E-state index in [0.29, 0.717) is 11.1 Å². The summed E-state index contributed by atoms with van der Waals surface area (Å²) in [6.07, 6.45) is 2.83. The van der Waals surface area contributed by atoms with Crippen LogP contribution in [-0.4, -0.2) is 26.1 Å². The Kier molecular flexibility index (Phi) is 8.18. The highest BCUT2D eigenvalue weighted by Crippen LogP contribution is 2.44. The Bertz CT molecular complexity index is 4260. The Hall–Kier alpha value is -9.26. The highest BCUT2D eigenvalue weighted by molar-refractivity contribution is 6.25. The van der Waals surface area contributed by atoms with Crippen molar-refractivity contribution in [3.63, 3.8) is 0 Å². The van der Waals surface area contributed by atoms with Crippen molar-refractivity contribution >= 4 is 99.8 Å². The van der Waals surface area contributed by atoms with Crippen LogP contribution in [0.2, 0.25) is 0 Å². The lowest BCUT2D eigenvalue weighted by Gasteiger charge is -2.18. The molecule has 68 heavy (non-hydrogen) atoms. The number of nitrogens with one attached hydrogen (secondary N) is 2. The van der Waals surface area contributed by atoms with Gasteiger partial charge >= 0.3 is 0 Å². The van der Waals surface area contributed by atoms with E-state index in [1.54, 1.807) is 0 Å². The topological polar surface area (TPSA) is 75.6 Å². The number of para-hydroxylation sites is 3. The minimum absolute atomic E-state index is 0.643. The molecule has 0 aliphatic rings. The average molecular weight is 870 g/mol. The van der Waals surface area contributed by atoms with Gasteiger partial charge < -0.3 is 28.9 Å². The highest BCUT2D eigenvalue weighted by atomic mass is 16.3. The molecule has 4 aromatic heterocycles. The maximum Gasteiger partial charge on any atom is 0.145 e. The molecule has 10 aromatic carbocycles. The largest absolute Gasteiger partial charge is 0.455 e. The molecule has 0 unspecified atom stereocenters. The summed E-state index contributed by atoms with van der Waals surface area (Å²) >= 11 is 0.